The number of hydrogen-bond acceptors (Lipinski definition) is 1. The quantitative estimate of drug-likeness (QED) is 0.719. The first-order valence-corrected chi connectivity index (χ1v) is 3.70. The maximum atomic E-state index is 12.7. The van der Waals surface area contributed by atoms with Crippen LogP contribution in [0.1, 0.15) is 6.92 Å². The Morgan fingerprint density at radius 3 is 2.75 bits per heavy atom. The minimum Gasteiger partial charge on any atom is -0.326 e. The molecule has 1 rings (SSSR count). The van der Waals surface area contributed by atoms with E-state index < -0.39 is 5.82 Å². The maximum absolute atomic E-state index is 12.7. The van der Waals surface area contributed by atoms with Crippen LogP contribution in [0.2, 0.25) is 5.02 Å². The molecule has 1 N–H and O–H groups in total. The van der Waals surface area contributed by atoms with Crippen molar-refractivity contribution in [2.45, 2.75) is 6.92 Å². The highest BCUT2D eigenvalue weighted by molar-refractivity contribution is 6.30. The Hall–Kier alpha value is -1.09. The van der Waals surface area contributed by atoms with Crippen LogP contribution in [0.3, 0.4) is 0 Å². The number of hydrogen-bond donors (Lipinski definition) is 1. The molecule has 0 saturated heterocycles. The maximum Gasteiger partial charge on any atom is 0.221 e. The Labute approximate surface area is 74.3 Å². The van der Waals surface area contributed by atoms with Gasteiger partial charge >= 0.3 is 0 Å². The van der Waals surface area contributed by atoms with Crippen LogP contribution in [-0.2, 0) is 4.79 Å². The summed E-state index contributed by atoms with van der Waals surface area (Å²) < 4.78 is 12.7. The fourth-order valence-electron chi connectivity index (χ4n) is 0.777. The first-order valence-electron chi connectivity index (χ1n) is 3.32. The molecule has 12 heavy (non-hydrogen) atoms. The lowest BCUT2D eigenvalue weighted by Crippen LogP contribution is -2.05. The molecule has 0 fully saturated rings. The summed E-state index contributed by atoms with van der Waals surface area (Å²) in [5.41, 5.74) is 0.407. The standard InChI is InChI=1S/C8H7ClFNO/c1-5(12)11-6-2-3-7(9)8(10)4-6/h2-4H,1H3,(H,11,12). The Bertz CT molecular complexity index is 314. The van der Waals surface area contributed by atoms with Crippen molar-refractivity contribution in [1.82, 2.24) is 0 Å². The highest BCUT2D eigenvalue weighted by Gasteiger charge is 2.01. The van der Waals surface area contributed by atoms with Crippen molar-refractivity contribution < 1.29 is 9.18 Å². The third kappa shape index (κ3) is 2.20. The average molecular weight is 188 g/mol. The molecular formula is C8H7ClFNO. The van der Waals surface area contributed by atoms with Gasteiger partial charge in [-0.05, 0) is 18.2 Å². The summed E-state index contributed by atoms with van der Waals surface area (Å²) in [7, 11) is 0. The fraction of sp³-hybridized carbons (Fsp3) is 0.125. The van der Waals surface area contributed by atoms with Gasteiger partial charge in [-0.1, -0.05) is 11.6 Å². The van der Waals surface area contributed by atoms with E-state index in [9.17, 15) is 9.18 Å². The molecule has 64 valence electrons. The number of benzene rings is 1. The molecule has 1 aromatic rings. The fourth-order valence-corrected chi connectivity index (χ4v) is 0.895. The molecule has 0 aliphatic rings. The molecule has 0 aliphatic carbocycles. The van der Waals surface area contributed by atoms with Crippen LogP contribution in [0, 0.1) is 5.82 Å². The molecule has 0 bridgehead atoms. The number of anilines is 1. The number of carbonyl (C=O) groups excluding carboxylic acids is 1. The molecule has 0 aliphatic heterocycles. The lowest BCUT2D eigenvalue weighted by atomic mass is 10.3. The summed E-state index contributed by atoms with van der Waals surface area (Å²) >= 11 is 5.43. The van der Waals surface area contributed by atoms with Gasteiger partial charge in [0.05, 0.1) is 5.02 Å². The predicted octanol–water partition coefficient (Wildman–Crippen LogP) is 2.44. The molecule has 0 unspecified atom stereocenters. The Kier molecular flexibility index (Phi) is 2.65. The van der Waals surface area contributed by atoms with Gasteiger partial charge in [0.1, 0.15) is 5.82 Å². The van der Waals surface area contributed by atoms with Gasteiger partial charge in [-0.15, -0.1) is 0 Å². The largest absolute Gasteiger partial charge is 0.326 e. The average Bonchev–Trinajstić information content (AvgIpc) is 1.96. The molecule has 2 nitrogen and oxygen atoms in total. The van der Waals surface area contributed by atoms with Crippen molar-refractivity contribution in [3.05, 3.63) is 29.0 Å². The second kappa shape index (κ2) is 3.54. The number of halogens is 2. The smallest absolute Gasteiger partial charge is 0.221 e. The van der Waals surface area contributed by atoms with Crippen molar-refractivity contribution in [3.63, 3.8) is 0 Å². The van der Waals surface area contributed by atoms with Gasteiger partial charge in [0.25, 0.3) is 0 Å². The van der Waals surface area contributed by atoms with Crippen LogP contribution < -0.4 is 5.32 Å². The lowest BCUT2D eigenvalue weighted by molar-refractivity contribution is -0.114. The Morgan fingerprint density at radius 1 is 1.58 bits per heavy atom. The van der Waals surface area contributed by atoms with Crippen LogP contribution in [-0.4, -0.2) is 5.91 Å². The third-order valence-corrected chi connectivity index (χ3v) is 1.55. The van der Waals surface area contributed by atoms with Crippen LogP contribution in [0.5, 0.6) is 0 Å². The van der Waals surface area contributed by atoms with Gasteiger partial charge in [-0.3, -0.25) is 4.79 Å². The highest BCUT2D eigenvalue weighted by atomic mass is 35.5. The van der Waals surface area contributed by atoms with Gasteiger partial charge in [0.2, 0.25) is 5.91 Å². The van der Waals surface area contributed by atoms with Crippen LogP contribution >= 0.6 is 11.6 Å². The molecule has 1 amide bonds. The summed E-state index contributed by atoms with van der Waals surface area (Å²) in [5.74, 6) is -0.778. The summed E-state index contributed by atoms with van der Waals surface area (Å²) in [6.07, 6.45) is 0. The zero-order valence-electron chi connectivity index (χ0n) is 6.40. The van der Waals surface area contributed by atoms with Crippen molar-refractivity contribution in [3.8, 4) is 0 Å². The van der Waals surface area contributed by atoms with E-state index >= 15 is 0 Å². The predicted molar refractivity (Wildman–Crippen MR) is 45.7 cm³/mol. The Balaban J connectivity index is 2.89. The summed E-state index contributed by atoms with van der Waals surface area (Å²) in [4.78, 5) is 10.5. The molecule has 0 atom stereocenters. The Morgan fingerprint density at radius 2 is 2.25 bits per heavy atom. The molecule has 0 heterocycles. The van der Waals surface area contributed by atoms with Crippen LogP contribution in [0.25, 0.3) is 0 Å². The van der Waals surface area contributed by atoms with E-state index in [1.54, 1.807) is 0 Å². The number of rotatable bonds is 1. The second-order valence-electron chi connectivity index (χ2n) is 2.31. The molecule has 0 aromatic heterocycles. The molecule has 4 heteroatoms. The van der Waals surface area contributed by atoms with E-state index in [0.29, 0.717) is 5.69 Å². The normalized spacial score (nSPS) is 9.58. The second-order valence-corrected chi connectivity index (χ2v) is 2.72. The zero-order chi connectivity index (χ0) is 9.14. The lowest BCUT2D eigenvalue weighted by Gasteiger charge is -2.01. The SMILES string of the molecule is CC(=O)Nc1ccc(Cl)c(F)c1. The zero-order valence-corrected chi connectivity index (χ0v) is 7.15. The summed E-state index contributed by atoms with van der Waals surface area (Å²) in [6.45, 7) is 1.35. The molecule has 1 aromatic carbocycles. The van der Waals surface area contributed by atoms with Gasteiger partial charge in [0.15, 0.2) is 0 Å². The minimum absolute atomic E-state index is 0.0455. The third-order valence-electron chi connectivity index (χ3n) is 1.24. The number of carbonyl (C=O) groups is 1. The van der Waals surface area contributed by atoms with Crippen molar-refractivity contribution in [1.29, 1.82) is 0 Å². The van der Waals surface area contributed by atoms with E-state index in [-0.39, 0.29) is 10.9 Å². The minimum atomic E-state index is -0.539. The van der Waals surface area contributed by atoms with Crippen LogP contribution in [0.15, 0.2) is 18.2 Å². The molecule has 0 spiro atoms. The van der Waals surface area contributed by atoms with E-state index in [1.807, 2.05) is 0 Å². The monoisotopic (exact) mass is 187 g/mol. The first kappa shape index (κ1) is 9.00. The van der Waals surface area contributed by atoms with E-state index in [4.69, 9.17) is 11.6 Å². The molecular weight excluding hydrogens is 181 g/mol. The summed E-state index contributed by atoms with van der Waals surface area (Å²) in [5, 5.41) is 2.48. The molecule has 0 radical (unpaired) electrons. The van der Waals surface area contributed by atoms with E-state index in [0.717, 1.165) is 0 Å². The summed E-state index contributed by atoms with van der Waals surface area (Å²) in [6, 6.07) is 4.10. The van der Waals surface area contributed by atoms with Gasteiger partial charge in [0, 0.05) is 12.6 Å². The topological polar surface area (TPSA) is 29.1 Å². The van der Waals surface area contributed by atoms with Crippen molar-refractivity contribution in [2.24, 2.45) is 0 Å². The van der Waals surface area contributed by atoms with E-state index in [2.05, 4.69) is 5.32 Å². The van der Waals surface area contributed by atoms with Crippen molar-refractivity contribution in [2.75, 3.05) is 5.32 Å². The first-order chi connectivity index (χ1) is 5.59. The van der Waals surface area contributed by atoms with Crippen LogP contribution in [0.4, 0.5) is 10.1 Å². The van der Waals surface area contributed by atoms with Crippen molar-refractivity contribution >= 4 is 23.2 Å². The number of nitrogens with one attached hydrogen (secondary N) is 1. The molecule has 0 saturated carbocycles. The highest BCUT2D eigenvalue weighted by Crippen LogP contribution is 2.18. The number of amides is 1. The van der Waals surface area contributed by atoms with Gasteiger partial charge in [-0.2, -0.15) is 0 Å². The van der Waals surface area contributed by atoms with E-state index in [1.165, 1.54) is 25.1 Å². The van der Waals surface area contributed by atoms with Gasteiger partial charge < -0.3 is 5.32 Å². The van der Waals surface area contributed by atoms with Gasteiger partial charge in [-0.25, -0.2) is 4.39 Å².